The molecule has 0 fully saturated rings. The van der Waals surface area contributed by atoms with Crippen LogP contribution in [-0.4, -0.2) is 11.5 Å². The molecule has 0 saturated carbocycles. The molecule has 2 aromatic rings. The number of fused-ring (bicyclic) bond motifs is 1. The Labute approximate surface area is 109 Å². The lowest BCUT2D eigenvalue weighted by atomic mass is 10.2. The smallest absolute Gasteiger partial charge is 0.190 e. The number of aromatic nitrogens is 1. The predicted octanol–water partition coefficient (Wildman–Crippen LogP) is 3.00. The zero-order valence-corrected chi connectivity index (χ0v) is 10.9. The number of benzene rings is 1. The summed E-state index contributed by atoms with van der Waals surface area (Å²) in [4.78, 5) is 6.58. The Kier molecular flexibility index (Phi) is 2.80. The lowest BCUT2D eigenvalue weighted by Gasteiger charge is -2.15. The van der Waals surface area contributed by atoms with Crippen LogP contribution in [0.1, 0.15) is 24.2 Å². The van der Waals surface area contributed by atoms with Gasteiger partial charge in [0.15, 0.2) is 5.13 Å². The average molecular weight is 263 g/mol. The van der Waals surface area contributed by atoms with Crippen molar-refractivity contribution in [3.63, 3.8) is 0 Å². The summed E-state index contributed by atoms with van der Waals surface area (Å²) in [5.74, 6) is -0.204. The van der Waals surface area contributed by atoms with Gasteiger partial charge in [0.05, 0.1) is 5.69 Å². The van der Waals surface area contributed by atoms with Gasteiger partial charge in [0, 0.05) is 23.7 Å². The number of nitrogens with zero attached hydrogens (tertiary/aromatic N) is 2. The van der Waals surface area contributed by atoms with E-state index in [4.69, 9.17) is 5.73 Å². The number of thiazole rings is 1. The molecule has 5 heteroatoms. The summed E-state index contributed by atoms with van der Waals surface area (Å²) in [5.41, 5.74) is 8.80. The van der Waals surface area contributed by atoms with Gasteiger partial charge in [-0.25, -0.2) is 9.37 Å². The molecule has 1 atom stereocenters. The molecule has 0 radical (unpaired) electrons. The van der Waals surface area contributed by atoms with Crippen molar-refractivity contribution >= 4 is 22.2 Å². The minimum Gasteiger partial charge on any atom is -0.323 e. The molecule has 0 spiro atoms. The maximum absolute atomic E-state index is 13.3. The molecular weight excluding hydrogens is 249 g/mol. The summed E-state index contributed by atoms with van der Waals surface area (Å²) in [6.45, 7) is 2.77. The highest BCUT2D eigenvalue weighted by molar-refractivity contribution is 7.13. The van der Waals surface area contributed by atoms with Crippen molar-refractivity contribution in [2.75, 3.05) is 11.4 Å². The molecule has 0 aliphatic carbocycles. The summed E-state index contributed by atoms with van der Waals surface area (Å²) in [5, 5.41) is 2.86. The van der Waals surface area contributed by atoms with Gasteiger partial charge < -0.3 is 10.6 Å². The zero-order chi connectivity index (χ0) is 12.7. The molecule has 0 bridgehead atoms. The molecule has 94 valence electrons. The molecule has 3 rings (SSSR count). The third kappa shape index (κ3) is 1.89. The Morgan fingerprint density at radius 2 is 2.33 bits per heavy atom. The van der Waals surface area contributed by atoms with Gasteiger partial charge in [-0.15, -0.1) is 11.3 Å². The first-order valence-electron chi connectivity index (χ1n) is 5.92. The van der Waals surface area contributed by atoms with Crippen molar-refractivity contribution < 1.29 is 4.39 Å². The summed E-state index contributed by atoms with van der Waals surface area (Å²) >= 11 is 1.56. The molecule has 0 amide bonds. The first kappa shape index (κ1) is 11.6. The largest absolute Gasteiger partial charge is 0.323 e. The minimum absolute atomic E-state index is 0.0652. The highest BCUT2D eigenvalue weighted by Crippen LogP contribution is 2.36. The fraction of sp³-hybridized carbons (Fsp3) is 0.308. The van der Waals surface area contributed by atoms with Gasteiger partial charge in [-0.2, -0.15) is 0 Å². The molecule has 2 heterocycles. The van der Waals surface area contributed by atoms with E-state index in [-0.39, 0.29) is 11.9 Å². The van der Waals surface area contributed by atoms with E-state index in [0.717, 1.165) is 29.5 Å². The van der Waals surface area contributed by atoms with Crippen LogP contribution in [0.3, 0.4) is 0 Å². The molecule has 1 aromatic heterocycles. The monoisotopic (exact) mass is 263 g/mol. The lowest BCUT2D eigenvalue weighted by Crippen LogP contribution is -2.14. The molecule has 1 aromatic carbocycles. The predicted molar refractivity (Wildman–Crippen MR) is 71.8 cm³/mol. The summed E-state index contributed by atoms with van der Waals surface area (Å²) in [6, 6.07) is 4.88. The molecule has 3 nitrogen and oxygen atoms in total. The van der Waals surface area contributed by atoms with Gasteiger partial charge in [0.1, 0.15) is 5.82 Å². The Balaban J connectivity index is 1.97. The van der Waals surface area contributed by atoms with Crippen LogP contribution in [0.2, 0.25) is 0 Å². The Bertz CT molecular complexity index is 579. The van der Waals surface area contributed by atoms with Gasteiger partial charge in [0.2, 0.25) is 0 Å². The zero-order valence-electron chi connectivity index (χ0n) is 10.1. The van der Waals surface area contributed by atoms with Crippen LogP contribution in [0.4, 0.5) is 15.2 Å². The van der Waals surface area contributed by atoms with E-state index in [1.807, 2.05) is 18.4 Å². The van der Waals surface area contributed by atoms with Crippen molar-refractivity contribution in [2.45, 2.75) is 19.4 Å². The van der Waals surface area contributed by atoms with Gasteiger partial charge in [-0.3, -0.25) is 0 Å². The second kappa shape index (κ2) is 4.33. The van der Waals surface area contributed by atoms with E-state index < -0.39 is 0 Å². The topological polar surface area (TPSA) is 42.1 Å². The average Bonchev–Trinajstić information content (AvgIpc) is 2.93. The number of hydrogen-bond donors (Lipinski definition) is 1. The second-order valence-electron chi connectivity index (χ2n) is 4.52. The molecule has 0 saturated heterocycles. The number of nitrogens with two attached hydrogens (primary N) is 1. The van der Waals surface area contributed by atoms with E-state index in [0.29, 0.717) is 0 Å². The number of anilines is 2. The molecule has 18 heavy (non-hydrogen) atoms. The molecule has 1 aliphatic rings. The minimum atomic E-state index is -0.204. The number of hydrogen-bond acceptors (Lipinski definition) is 4. The van der Waals surface area contributed by atoms with Crippen LogP contribution in [0.5, 0.6) is 0 Å². The van der Waals surface area contributed by atoms with Crippen LogP contribution in [0, 0.1) is 5.82 Å². The fourth-order valence-corrected chi connectivity index (χ4v) is 3.13. The maximum atomic E-state index is 13.3. The molecule has 2 N–H and O–H groups in total. The second-order valence-corrected chi connectivity index (χ2v) is 5.35. The maximum Gasteiger partial charge on any atom is 0.190 e. The Morgan fingerprint density at radius 3 is 3.06 bits per heavy atom. The molecular formula is C13H14FN3S. The third-order valence-electron chi connectivity index (χ3n) is 3.15. The van der Waals surface area contributed by atoms with E-state index in [9.17, 15) is 4.39 Å². The Morgan fingerprint density at radius 1 is 1.50 bits per heavy atom. The summed E-state index contributed by atoms with van der Waals surface area (Å²) < 4.78 is 13.3. The lowest BCUT2D eigenvalue weighted by molar-refractivity contribution is 0.628. The normalized spacial score (nSPS) is 15.8. The van der Waals surface area contributed by atoms with Gasteiger partial charge >= 0.3 is 0 Å². The number of halogens is 1. The Hall–Kier alpha value is -1.46. The van der Waals surface area contributed by atoms with Crippen molar-refractivity contribution in [3.8, 4) is 0 Å². The van der Waals surface area contributed by atoms with E-state index in [2.05, 4.69) is 9.88 Å². The SMILES string of the molecule is CC(N)c1csc(N2CCc3ccc(F)cc32)n1. The summed E-state index contributed by atoms with van der Waals surface area (Å²) in [6.07, 6.45) is 0.933. The molecule has 1 aliphatic heterocycles. The van der Waals surface area contributed by atoms with Gasteiger partial charge in [-0.1, -0.05) is 6.07 Å². The fourth-order valence-electron chi connectivity index (χ4n) is 2.16. The van der Waals surface area contributed by atoms with Gasteiger partial charge in [-0.05, 0) is 31.0 Å². The highest BCUT2D eigenvalue weighted by atomic mass is 32.1. The quantitative estimate of drug-likeness (QED) is 0.905. The third-order valence-corrected chi connectivity index (χ3v) is 4.03. The molecule has 1 unspecified atom stereocenters. The summed E-state index contributed by atoms with van der Waals surface area (Å²) in [7, 11) is 0. The van der Waals surface area contributed by atoms with Crippen LogP contribution in [0.15, 0.2) is 23.6 Å². The standard InChI is InChI=1S/C13H14FN3S/c1-8(15)11-7-18-13(16-11)17-5-4-9-2-3-10(14)6-12(9)17/h2-3,6-8H,4-5,15H2,1H3. The van der Waals surface area contributed by atoms with Gasteiger partial charge in [0.25, 0.3) is 0 Å². The van der Waals surface area contributed by atoms with Crippen LogP contribution >= 0.6 is 11.3 Å². The van der Waals surface area contributed by atoms with Crippen LogP contribution < -0.4 is 10.6 Å². The van der Waals surface area contributed by atoms with E-state index in [1.54, 1.807) is 17.4 Å². The number of rotatable bonds is 2. The van der Waals surface area contributed by atoms with Crippen molar-refractivity contribution in [1.29, 1.82) is 0 Å². The van der Waals surface area contributed by atoms with Crippen molar-refractivity contribution in [1.82, 2.24) is 4.98 Å². The van der Waals surface area contributed by atoms with Crippen LogP contribution in [-0.2, 0) is 6.42 Å². The van der Waals surface area contributed by atoms with Crippen molar-refractivity contribution in [2.24, 2.45) is 5.73 Å². The van der Waals surface area contributed by atoms with Crippen molar-refractivity contribution in [3.05, 3.63) is 40.7 Å². The first-order valence-corrected chi connectivity index (χ1v) is 6.80. The van der Waals surface area contributed by atoms with E-state index in [1.165, 1.54) is 11.6 Å². The van der Waals surface area contributed by atoms with E-state index >= 15 is 0 Å². The first-order chi connectivity index (χ1) is 8.65. The highest BCUT2D eigenvalue weighted by Gasteiger charge is 2.23. The van der Waals surface area contributed by atoms with Crippen LogP contribution in [0.25, 0.3) is 0 Å².